The number of hydrogen-bond donors (Lipinski definition) is 1. The van der Waals surface area contributed by atoms with Gasteiger partial charge < -0.3 is 10.1 Å². The van der Waals surface area contributed by atoms with Crippen LogP contribution >= 0.6 is 0 Å². The van der Waals surface area contributed by atoms with Crippen LogP contribution in [0.5, 0.6) is 0 Å². The molecule has 1 heterocycles. The smallest absolute Gasteiger partial charge is 0.309 e. The summed E-state index contributed by atoms with van der Waals surface area (Å²) in [6.45, 7) is 1.99. The maximum Gasteiger partial charge on any atom is 0.309 e. The average Bonchev–Trinajstić information content (AvgIpc) is 2.35. The second kappa shape index (κ2) is 3.05. The molecular formula is C9H15NO2. The molecule has 3 heteroatoms. The summed E-state index contributed by atoms with van der Waals surface area (Å²) in [5, 5.41) is 3.35. The van der Waals surface area contributed by atoms with Gasteiger partial charge in [0.15, 0.2) is 0 Å². The highest BCUT2D eigenvalue weighted by atomic mass is 16.5. The van der Waals surface area contributed by atoms with Gasteiger partial charge in [-0.3, -0.25) is 4.79 Å². The predicted molar refractivity (Wildman–Crippen MR) is 44.6 cm³/mol. The van der Waals surface area contributed by atoms with E-state index in [1.165, 1.54) is 20.0 Å². The van der Waals surface area contributed by atoms with Gasteiger partial charge in [-0.2, -0.15) is 0 Å². The van der Waals surface area contributed by atoms with E-state index in [1.54, 1.807) is 0 Å². The number of fused-ring (bicyclic) bond motifs is 2. The highest BCUT2D eigenvalue weighted by Gasteiger charge is 2.43. The Hall–Kier alpha value is -0.570. The third-order valence-electron chi connectivity index (χ3n) is 3.21. The Labute approximate surface area is 72.5 Å². The lowest BCUT2D eigenvalue weighted by atomic mass is 9.86. The monoisotopic (exact) mass is 169 g/mol. The Morgan fingerprint density at radius 1 is 1.33 bits per heavy atom. The molecule has 2 rings (SSSR count). The SMILES string of the molecule is COC(=O)C1[C@H]2CC[C@H]1CNC2. The van der Waals surface area contributed by atoms with E-state index in [-0.39, 0.29) is 11.9 Å². The van der Waals surface area contributed by atoms with Gasteiger partial charge >= 0.3 is 5.97 Å². The zero-order chi connectivity index (χ0) is 8.55. The number of ether oxygens (including phenoxy) is 1. The third kappa shape index (κ3) is 1.12. The number of esters is 1. The van der Waals surface area contributed by atoms with Gasteiger partial charge in [-0.15, -0.1) is 0 Å². The van der Waals surface area contributed by atoms with Crippen LogP contribution in [0, 0.1) is 17.8 Å². The molecule has 12 heavy (non-hydrogen) atoms. The van der Waals surface area contributed by atoms with Gasteiger partial charge in [-0.1, -0.05) is 0 Å². The fourth-order valence-electron chi connectivity index (χ4n) is 2.61. The van der Waals surface area contributed by atoms with Crippen LogP contribution in [-0.4, -0.2) is 26.2 Å². The number of carbonyl (C=O) groups excluding carboxylic acids is 1. The third-order valence-corrected chi connectivity index (χ3v) is 3.21. The largest absolute Gasteiger partial charge is 0.469 e. The number of rotatable bonds is 1. The highest BCUT2D eigenvalue weighted by Crippen LogP contribution is 2.39. The first-order valence-electron chi connectivity index (χ1n) is 4.61. The molecule has 2 fully saturated rings. The lowest BCUT2D eigenvalue weighted by molar-refractivity contribution is -0.148. The van der Waals surface area contributed by atoms with Crippen molar-refractivity contribution in [1.82, 2.24) is 5.32 Å². The number of nitrogens with one attached hydrogen (secondary N) is 1. The van der Waals surface area contributed by atoms with Crippen molar-refractivity contribution in [3.8, 4) is 0 Å². The van der Waals surface area contributed by atoms with Crippen molar-refractivity contribution >= 4 is 5.97 Å². The molecule has 0 aromatic rings. The van der Waals surface area contributed by atoms with Crippen LogP contribution in [0.2, 0.25) is 0 Å². The second-order valence-corrected chi connectivity index (χ2v) is 3.80. The molecule has 0 unspecified atom stereocenters. The van der Waals surface area contributed by atoms with E-state index in [4.69, 9.17) is 4.74 Å². The minimum Gasteiger partial charge on any atom is -0.469 e. The molecule has 1 saturated heterocycles. The molecule has 0 aromatic carbocycles. The molecule has 2 bridgehead atoms. The summed E-state index contributed by atoms with van der Waals surface area (Å²) >= 11 is 0. The van der Waals surface area contributed by atoms with Crippen molar-refractivity contribution in [2.24, 2.45) is 17.8 Å². The van der Waals surface area contributed by atoms with Gasteiger partial charge in [0.05, 0.1) is 13.0 Å². The predicted octanol–water partition coefficient (Wildman–Crippen LogP) is 0.405. The van der Waals surface area contributed by atoms with Crippen molar-refractivity contribution in [3.63, 3.8) is 0 Å². The summed E-state index contributed by atoms with van der Waals surface area (Å²) in [6.07, 6.45) is 2.38. The molecule has 0 aromatic heterocycles. The van der Waals surface area contributed by atoms with E-state index in [0.717, 1.165) is 13.1 Å². The number of methoxy groups -OCH3 is 1. The fraction of sp³-hybridized carbons (Fsp3) is 0.889. The summed E-state index contributed by atoms with van der Waals surface area (Å²) in [5.41, 5.74) is 0. The molecule has 2 atom stereocenters. The van der Waals surface area contributed by atoms with E-state index in [1.807, 2.05) is 0 Å². The Morgan fingerprint density at radius 2 is 1.92 bits per heavy atom. The number of carbonyl (C=O) groups is 1. The standard InChI is InChI=1S/C9H15NO2/c1-12-9(11)8-6-2-3-7(8)5-10-4-6/h6-8,10H,2-5H2,1H3/t6-,7-/m0/s1. The highest BCUT2D eigenvalue weighted by molar-refractivity contribution is 5.73. The molecule has 1 aliphatic carbocycles. The molecule has 1 saturated carbocycles. The summed E-state index contributed by atoms with van der Waals surface area (Å²) < 4.78 is 4.80. The topological polar surface area (TPSA) is 38.3 Å². The van der Waals surface area contributed by atoms with Gasteiger partial charge in [0.2, 0.25) is 0 Å². The van der Waals surface area contributed by atoms with Crippen LogP contribution in [0.3, 0.4) is 0 Å². The van der Waals surface area contributed by atoms with Crippen LogP contribution in [-0.2, 0) is 9.53 Å². The maximum atomic E-state index is 11.4. The van der Waals surface area contributed by atoms with Crippen molar-refractivity contribution in [3.05, 3.63) is 0 Å². The van der Waals surface area contributed by atoms with Crippen LogP contribution in [0.15, 0.2) is 0 Å². The van der Waals surface area contributed by atoms with E-state index >= 15 is 0 Å². The number of hydrogen-bond acceptors (Lipinski definition) is 3. The first kappa shape index (κ1) is 8.05. The molecule has 2 aliphatic rings. The molecule has 0 amide bonds. The number of piperidine rings is 1. The minimum atomic E-state index is 0.00370. The molecular weight excluding hydrogens is 154 g/mol. The summed E-state index contributed by atoms with van der Waals surface area (Å²) in [7, 11) is 1.49. The van der Waals surface area contributed by atoms with Crippen LogP contribution in [0.4, 0.5) is 0 Å². The van der Waals surface area contributed by atoms with E-state index in [9.17, 15) is 4.79 Å². The first-order valence-corrected chi connectivity index (χ1v) is 4.61. The Morgan fingerprint density at radius 3 is 2.42 bits per heavy atom. The average molecular weight is 169 g/mol. The van der Waals surface area contributed by atoms with Gasteiger partial charge in [0.1, 0.15) is 0 Å². The zero-order valence-corrected chi connectivity index (χ0v) is 7.38. The fourth-order valence-corrected chi connectivity index (χ4v) is 2.61. The van der Waals surface area contributed by atoms with Crippen LogP contribution in [0.1, 0.15) is 12.8 Å². The molecule has 0 spiro atoms. The second-order valence-electron chi connectivity index (χ2n) is 3.80. The van der Waals surface area contributed by atoms with Crippen LogP contribution < -0.4 is 5.32 Å². The van der Waals surface area contributed by atoms with Crippen molar-refractivity contribution in [1.29, 1.82) is 0 Å². The van der Waals surface area contributed by atoms with Crippen molar-refractivity contribution < 1.29 is 9.53 Å². The minimum absolute atomic E-state index is 0.00370. The molecule has 68 valence electrons. The lowest BCUT2D eigenvalue weighted by Gasteiger charge is -2.28. The van der Waals surface area contributed by atoms with Gasteiger partial charge in [-0.25, -0.2) is 0 Å². The quantitative estimate of drug-likeness (QED) is 0.578. The zero-order valence-electron chi connectivity index (χ0n) is 7.38. The molecule has 1 N–H and O–H groups in total. The molecule has 3 nitrogen and oxygen atoms in total. The van der Waals surface area contributed by atoms with E-state index in [0.29, 0.717) is 11.8 Å². The normalized spacial score (nSPS) is 39.6. The van der Waals surface area contributed by atoms with Gasteiger partial charge in [-0.05, 0) is 37.8 Å². The van der Waals surface area contributed by atoms with Gasteiger partial charge in [0.25, 0.3) is 0 Å². The summed E-state index contributed by atoms with van der Waals surface area (Å²) in [4.78, 5) is 11.4. The van der Waals surface area contributed by atoms with E-state index in [2.05, 4.69) is 5.32 Å². The molecule has 1 aliphatic heterocycles. The molecule has 0 radical (unpaired) electrons. The van der Waals surface area contributed by atoms with Gasteiger partial charge in [0, 0.05) is 0 Å². The first-order chi connectivity index (χ1) is 5.83. The van der Waals surface area contributed by atoms with Crippen LogP contribution in [0.25, 0.3) is 0 Å². The summed E-state index contributed by atoms with van der Waals surface area (Å²) in [5.74, 6) is 1.27. The Balaban J connectivity index is 2.10. The lowest BCUT2D eigenvalue weighted by Crippen LogP contribution is -2.42. The Kier molecular flexibility index (Phi) is 2.05. The maximum absolute atomic E-state index is 11.4. The summed E-state index contributed by atoms with van der Waals surface area (Å²) in [6, 6.07) is 0. The Bertz CT molecular complexity index is 177. The van der Waals surface area contributed by atoms with E-state index < -0.39 is 0 Å². The van der Waals surface area contributed by atoms with Crippen molar-refractivity contribution in [2.75, 3.05) is 20.2 Å². The van der Waals surface area contributed by atoms with Crippen molar-refractivity contribution in [2.45, 2.75) is 12.8 Å².